The second kappa shape index (κ2) is 12.3. The third-order valence-electron chi connectivity index (χ3n) is 9.11. The molecule has 0 aliphatic carbocycles. The first-order valence-electron chi connectivity index (χ1n) is 13.9. The molecule has 0 radical (unpaired) electrons. The molecule has 1 amide bonds. The van der Waals surface area contributed by atoms with Crippen LogP contribution in [-0.2, 0) is 14.3 Å². The number of benzene rings is 1. The molecule has 0 atom stereocenters. The van der Waals surface area contributed by atoms with E-state index in [4.69, 9.17) is 9.47 Å². The van der Waals surface area contributed by atoms with Crippen molar-refractivity contribution in [2.45, 2.75) is 122 Å². The normalized spacial score (nSPS) is 22.7. The Morgan fingerprint density at radius 1 is 0.659 bits per heavy atom. The van der Waals surface area contributed by atoms with Gasteiger partial charge in [-0.2, -0.15) is 0 Å². The Kier molecular flexibility index (Phi) is 10.5. The van der Waals surface area contributed by atoms with E-state index in [2.05, 4.69) is 152 Å². The molecule has 3 rings (SSSR count). The predicted octanol–water partition coefficient (Wildman–Crippen LogP) is 7.08. The first-order chi connectivity index (χ1) is 18.5. The SMILES string of the molecule is CC(=O)Nc1c(I)c(C(=O)OC2CC(C)(C)N(C)C(C)(C)C2)c(I)c(C(=O)OC2CC(C)(C)N(C)C(C)(C)C2)c1I. The van der Waals surface area contributed by atoms with Crippen molar-refractivity contribution < 1.29 is 23.9 Å². The molecule has 0 spiro atoms. The molecule has 41 heavy (non-hydrogen) atoms. The van der Waals surface area contributed by atoms with E-state index < -0.39 is 11.9 Å². The van der Waals surface area contributed by atoms with Crippen LogP contribution in [0.2, 0.25) is 0 Å². The van der Waals surface area contributed by atoms with E-state index in [0.29, 0.717) is 42.1 Å². The molecule has 2 heterocycles. The maximum atomic E-state index is 13.9. The molecule has 0 saturated carbocycles. The maximum Gasteiger partial charge on any atom is 0.340 e. The van der Waals surface area contributed by atoms with Gasteiger partial charge in [-0.1, -0.05) is 0 Å². The molecule has 1 aromatic rings. The van der Waals surface area contributed by atoms with Gasteiger partial charge in [-0.15, -0.1) is 0 Å². The van der Waals surface area contributed by atoms with Crippen molar-refractivity contribution in [3.63, 3.8) is 0 Å². The van der Waals surface area contributed by atoms with E-state index in [1.54, 1.807) is 0 Å². The highest BCUT2D eigenvalue weighted by Crippen LogP contribution is 2.42. The summed E-state index contributed by atoms with van der Waals surface area (Å²) in [6.45, 7) is 18.6. The zero-order chi connectivity index (χ0) is 31.5. The van der Waals surface area contributed by atoms with Crippen LogP contribution in [0.5, 0.6) is 0 Å². The summed E-state index contributed by atoms with van der Waals surface area (Å²) in [6, 6.07) is 0. The van der Waals surface area contributed by atoms with Gasteiger partial charge in [0.15, 0.2) is 0 Å². The summed E-state index contributed by atoms with van der Waals surface area (Å²) in [4.78, 5) is 44.6. The molecule has 11 heteroatoms. The number of nitrogens with one attached hydrogen (secondary N) is 1. The van der Waals surface area contributed by atoms with Crippen LogP contribution >= 0.6 is 67.8 Å². The summed E-state index contributed by atoms with van der Waals surface area (Å²) >= 11 is 6.19. The maximum absolute atomic E-state index is 13.9. The molecule has 0 bridgehead atoms. The molecule has 0 aromatic heterocycles. The number of hydrogen-bond acceptors (Lipinski definition) is 7. The first-order valence-corrected chi connectivity index (χ1v) is 17.1. The third kappa shape index (κ3) is 7.35. The van der Waals surface area contributed by atoms with Crippen LogP contribution in [0.15, 0.2) is 0 Å². The van der Waals surface area contributed by atoms with Crippen molar-refractivity contribution in [3.8, 4) is 0 Å². The molecule has 8 nitrogen and oxygen atoms in total. The largest absolute Gasteiger partial charge is 0.459 e. The lowest BCUT2D eigenvalue weighted by Crippen LogP contribution is -2.60. The third-order valence-corrected chi connectivity index (χ3v) is 12.4. The quantitative estimate of drug-likeness (QED) is 0.250. The van der Waals surface area contributed by atoms with Gasteiger partial charge >= 0.3 is 11.9 Å². The minimum Gasteiger partial charge on any atom is -0.459 e. The standard InChI is InChI=1S/C30H44I3N3O5/c1-16(37)34-24-22(32)19(25(38)40-17-12-27(2,3)35(10)28(4,5)13-17)21(31)20(23(24)33)26(39)41-18-14-29(6,7)36(11)30(8,9)15-18/h17-18H,12-15H2,1-11H3,(H,34,37). The van der Waals surface area contributed by atoms with Crippen molar-refractivity contribution in [1.29, 1.82) is 0 Å². The summed E-state index contributed by atoms with van der Waals surface area (Å²) < 4.78 is 13.9. The molecular weight excluding hydrogens is 863 g/mol. The Morgan fingerprint density at radius 2 is 0.951 bits per heavy atom. The van der Waals surface area contributed by atoms with E-state index in [1.807, 2.05) is 0 Å². The van der Waals surface area contributed by atoms with Crippen LogP contribution in [0.4, 0.5) is 5.69 Å². The molecule has 2 fully saturated rings. The lowest BCUT2D eigenvalue weighted by Gasteiger charge is -2.53. The average molecular weight is 907 g/mol. The van der Waals surface area contributed by atoms with Gasteiger partial charge in [0.25, 0.3) is 0 Å². The van der Waals surface area contributed by atoms with Crippen LogP contribution in [0.1, 0.15) is 109 Å². The zero-order valence-electron chi connectivity index (χ0n) is 26.1. The second-order valence-corrected chi connectivity index (χ2v) is 17.2. The number of anilines is 1. The molecular formula is C30H44I3N3O5. The van der Waals surface area contributed by atoms with Gasteiger partial charge in [-0.05, 0) is 137 Å². The van der Waals surface area contributed by atoms with Crippen molar-refractivity contribution in [2.75, 3.05) is 19.4 Å². The second-order valence-electron chi connectivity index (χ2n) is 14.0. The number of likely N-dealkylation sites (tertiary alicyclic amines) is 2. The van der Waals surface area contributed by atoms with E-state index >= 15 is 0 Å². The number of hydrogen-bond donors (Lipinski definition) is 1. The fraction of sp³-hybridized carbons (Fsp3) is 0.700. The van der Waals surface area contributed by atoms with Gasteiger partial charge in [-0.25, -0.2) is 9.59 Å². The molecule has 2 saturated heterocycles. The van der Waals surface area contributed by atoms with Crippen molar-refractivity contribution in [2.24, 2.45) is 0 Å². The van der Waals surface area contributed by atoms with Crippen LogP contribution in [0.3, 0.4) is 0 Å². The van der Waals surface area contributed by atoms with E-state index in [1.165, 1.54) is 6.92 Å². The number of carbonyl (C=O) groups excluding carboxylic acids is 3. The summed E-state index contributed by atoms with van der Waals surface area (Å²) in [7, 11) is 4.21. The summed E-state index contributed by atoms with van der Waals surface area (Å²) in [5.74, 6) is -1.30. The molecule has 2 aliphatic heterocycles. The van der Waals surface area contributed by atoms with Gasteiger partial charge in [0.2, 0.25) is 5.91 Å². The Labute approximate surface area is 286 Å². The number of piperidine rings is 2. The topological polar surface area (TPSA) is 88.2 Å². The fourth-order valence-electron chi connectivity index (χ4n) is 6.45. The monoisotopic (exact) mass is 907 g/mol. The molecule has 0 unspecified atom stereocenters. The Balaban J connectivity index is 2.02. The fourth-order valence-corrected chi connectivity index (χ4v) is 10.8. The summed E-state index contributed by atoms with van der Waals surface area (Å²) in [5, 5.41) is 2.84. The molecule has 2 aliphatic rings. The predicted molar refractivity (Wildman–Crippen MR) is 188 cm³/mol. The van der Waals surface area contributed by atoms with Crippen LogP contribution in [0, 0.1) is 10.7 Å². The van der Waals surface area contributed by atoms with Crippen LogP contribution < -0.4 is 5.32 Å². The lowest BCUT2D eigenvalue weighted by molar-refractivity contribution is -0.114. The van der Waals surface area contributed by atoms with Gasteiger partial charge in [-0.3, -0.25) is 14.6 Å². The number of carbonyl (C=O) groups is 3. The van der Waals surface area contributed by atoms with Gasteiger partial charge in [0.1, 0.15) is 12.2 Å². The number of ether oxygens (including phenoxy) is 2. The highest BCUT2D eigenvalue weighted by molar-refractivity contribution is 14.1. The van der Waals surface area contributed by atoms with E-state index in [-0.39, 0.29) is 51.4 Å². The van der Waals surface area contributed by atoms with Crippen LogP contribution in [0.25, 0.3) is 0 Å². The molecule has 230 valence electrons. The van der Waals surface area contributed by atoms with Crippen molar-refractivity contribution in [3.05, 3.63) is 21.8 Å². The van der Waals surface area contributed by atoms with Gasteiger partial charge < -0.3 is 14.8 Å². The Bertz CT molecular complexity index is 1130. The number of esters is 2. The highest BCUT2D eigenvalue weighted by atomic mass is 127. The Morgan fingerprint density at radius 3 is 1.22 bits per heavy atom. The number of nitrogens with zero attached hydrogens (tertiary/aromatic N) is 2. The van der Waals surface area contributed by atoms with Gasteiger partial charge in [0, 0.05) is 58.3 Å². The summed E-state index contributed by atoms with van der Waals surface area (Å²) in [6.07, 6.45) is 2.16. The van der Waals surface area contributed by atoms with Crippen molar-refractivity contribution >= 4 is 91.3 Å². The Hall–Kier alpha value is -0.260. The summed E-state index contributed by atoms with van der Waals surface area (Å²) in [5.41, 5.74) is 0.333. The van der Waals surface area contributed by atoms with E-state index in [9.17, 15) is 14.4 Å². The highest BCUT2D eigenvalue weighted by Gasteiger charge is 2.46. The number of rotatable bonds is 5. The molecule has 1 aromatic carbocycles. The number of amides is 1. The van der Waals surface area contributed by atoms with Gasteiger partial charge in [0.05, 0.1) is 24.0 Å². The first kappa shape index (κ1) is 35.2. The van der Waals surface area contributed by atoms with Crippen LogP contribution in [-0.4, -0.2) is 76.1 Å². The zero-order valence-corrected chi connectivity index (χ0v) is 32.5. The average Bonchev–Trinajstić information content (AvgIpc) is 2.77. The van der Waals surface area contributed by atoms with Crippen molar-refractivity contribution in [1.82, 2.24) is 9.80 Å². The number of halogens is 3. The minimum absolute atomic E-state index is 0.162. The van der Waals surface area contributed by atoms with E-state index in [0.717, 1.165) is 0 Å². The smallest absolute Gasteiger partial charge is 0.340 e. The lowest BCUT2D eigenvalue weighted by atomic mass is 9.78. The molecule has 1 N–H and O–H groups in total. The minimum atomic E-state index is -0.501.